The van der Waals surface area contributed by atoms with Gasteiger partial charge in [-0.25, -0.2) is 0 Å². The van der Waals surface area contributed by atoms with E-state index in [1.807, 2.05) is 30.3 Å². The van der Waals surface area contributed by atoms with Gasteiger partial charge in [0.25, 0.3) is 0 Å². The molecule has 0 amide bonds. The zero-order valence-corrected chi connectivity index (χ0v) is 13.3. The first-order chi connectivity index (χ1) is 10.2. The Kier molecular flexibility index (Phi) is 6.04. The van der Waals surface area contributed by atoms with E-state index in [0.717, 1.165) is 37.5 Å². The molecule has 1 aliphatic rings. The van der Waals surface area contributed by atoms with Gasteiger partial charge in [-0.1, -0.05) is 49.6 Å². The summed E-state index contributed by atoms with van der Waals surface area (Å²) in [6.07, 6.45) is 6.23. The van der Waals surface area contributed by atoms with Crippen molar-refractivity contribution < 1.29 is 18.6 Å². The van der Waals surface area contributed by atoms with E-state index in [-0.39, 0.29) is 12.3 Å². The summed E-state index contributed by atoms with van der Waals surface area (Å²) >= 11 is 0. The standard InChI is InChI=1S/C16H22O4P/c1-19-21(18)13-16(12-17,14-8-4-2-5-9-14)20-15-10-6-3-7-11-15/h2,4-5,8-9,12,15H,3,6-7,10-11,13H2,1H3/q+1. The number of hydrogen-bond donors (Lipinski definition) is 0. The van der Waals surface area contributed by atoms with Crippen LogP contribution in [0.25, 0.3) is 0 Å². The molecule has 2 rings (SSSR count). The summed E-state index contributed by atoms with van der Waals surface area (Å²) in [5.41, 5.74) is -0.432. The molecule has 4 nitrogen and oxygen atoms in total. The van der Waals surface area contributed by atoms with E-state index in [1.165, 1.54) is 13.5 Å². The first-order valence-electron chi connectivity index (χ1n) is 7.38. The molecular formula is C16H22O4P+. The second kappa shape index (κ2) is 7.79. The van der Waals surface area contributed by atoms with Crippen molar-refractivity contribution in [2.45, 2.75) is 43.8 Å². The Bertz CT molecular complexity index is 470. The van der Waals surface area contributed by atoms with Gasteiger partial charge in [-0.05, 0) is 23.0 Å². The molecule has 1 aliphatic carbocycles. The molecule has 2 unspecified atom stereocenters. The number of carbonyl (C=O) groups is 1. The van der Waals surface area contributed by atoms with Crippen LogP contribution in [-0.4, -0.2) is 25.7 Å². The average molecular weight is 309 g/mol. The molecule has 1 aromatic carbocycles. The lowest BCUT2D eigenvalue weighted by atomic mass is 9.93. The molecule has 0 heterocycles. The average Bonchev–Trinajstić information content (AvgIpc) is 2.55. The monoisotopic (exact) mass is 309 g/mol. The maximum Gasteiger partial charge on any atom is 0.511 e. The van der Waals surface area contributed by atoms with Crippen LogP contribution in [0.2, 0.25) is 0 Å². The van der Waals surface area contributed by atoms with E-state index >= 15 is 0 Å². The molecular weight excluding hydrogens is 287 g/mol. The Morgan fingerprint density at radius 2 is 1.90 bits per heavy atom. The van der Waals surface area contributed by atoms with Crippen LogP contribution in [0.15, 0.2) is 30.3 Å². The highest BCUT2D eigenvalue weighted by Gasteiger charge is 2.44. The first-order valence-corrected chi connectivity index (χ1v) is 8.75. The van der Waals surface area contributed by atoms with Crippen molar-refractivity contribution in [1.29, 1.82) is 0 Å². The third-order valence-electron chi connectivity index (χ3n) is 3.95. The lowest BCUT2D eigenvalue weighted by Crippen LogP contribution is -2.39. The zero-order valence-electron chi connectivity index (χ0n) is 12.4. The molecule has 2 atom stereocenters. The van der Waals surface area contributed by atoms with E-state index in [0.29, 0.717) is 0 Å². The normalized spacial score (nSPS) is 19.8. The molecule has 21 heavy (non-hydrogen) atoms. The number of aldehydes is 1. The highest BCUT2D eigenvalue weighted by atomic mass is 31.1. The third kappa shape index (κ3) is 4.19. The molecule has 0 spiro atoms. The van der Waals surface area contributed by atoms with Gasteiger partial charge in [0.2, 0.25) is 6.16 Å². The molecule has 0 N–H and O–H groups in total. The van der Waals surface area contributed by atoms with Crippen molar-refractivity contribution >= 4 is 14.3 Å². The predicted octanol–water partition coefficient (Wildman–Crippen LogP) is 3.82. The Morgan fingerprint density at radius 3 is 2.48 bits per heavy atom. The van der Waals surface area contributed by atoms with E-state index in [1.54, 1.807) is 0 Å². The molecule has 0 saturated heterocycles. The summed E-state index contributed by atoms with van der Waals surface area (Å²) < 4.78 is 22.9. The van der Waals surface area contributed by atoms with Crippen molar-refractivity contribution in [3.8, 4) is 0 Å². The van der Waals surface area contributed by atoms with Gasteiger partial charge in [0, 0.05) is 0 Å². The van der Waals surface area contributed by atoms with Gasteiger partial charge in [0.1, 0.15) is 0 Å². The van der Waals surface area contributed by atoms with Crippen molar-refractivity contribution in [3.63, 3.8) is 0 Å². The molecule has 0 aliphatic heterocycles. The second-order valence-electron chi connectivity index (χ2n) is 5.42. The second-order valence-corrected chi connectivity index (χ2v) is 6.77. The Labute approximate surface area is 126 Å². The van der Waals surface area contributed by atoms with Gasteiger partial charge in [0.05, 0.1) is 13.2 Å². The summed E-state index contributed by atoms with van der Waals surface area (Å²) in [6, 6.07) is 9.29. The summed E-state index contributed by atoms with van der Waals surface area (Å²) in [5, 5.41) is 0. The quantitative estimate of drug-likeness (QED) is 0.567. The molecule has 0 radical (unpaired) electrons. The van der Waals surface area contributed by atoms with E-state index in [9.17, 15) is 9.36 Å². The number of rotatable bonds is 7. The third-order valence-corrected chi connectivity index (χ3v) is 5.08. The van der Waals surface area contributed by atoms with Crippen LogP contribution in [0.5, 0.6) is 0 Å². The maximum atomic E-state index is 11.9. The summed E-state index contributed by atoms with van der Waals surface area (Å²) in [5.74, 6) is 0. The van der Waals surface area contributed by atoms with Gasteiger partial charge in [0.15, 0.2) is 11.9 Å². The lowest BCUT2D eigenvalue weighted by molar-refractivity contribution is -0.141. The highest BCUT2D eigenvalue weighted by molar-refractivity contribution is 7.39. The van der Waals surface area contributed by atoms with Gasteiger partial charge in [-0.3, -0.25) is 4.79 Å². The van der Waals surface area contributed by atoms with Gasteiger partial charge in [-0.15, -0.1) is 4.52 Å². The van der Waals surface area contributed by atoms with Crippen LogP contribution in [0, 0.1) is 0 Å². The molecule has 1 fully saturated rings. The Hall–Kier alpha value is -1.09. The van der Waals surface area contributed by atoms with Crippen molar-refractivity contribution in [3.05, 3.63) is 35.9 Å². The number of hydrogen-bond acceptors (Lipinski definition) is 4. The molecule has 0 aromatic heterocycles. The smallest absolute Gasteiger partial charge is 0.355 e. The summed E-state index contributed by atoms with van der Waals surface area (Å²) in [4.78, 5) is 11.8. The van der Waals surface area contributed by atoms with Gasteiger partial charge < -0.3 is 4.74 Å². The van der Waals surface area contributed by atoms with Crippen LogP contribution in [0.3, 0.4) is 0 Å². The minimum absolute atomic E-state index is 0.0458. The van der Waals surface area contributed by atoms with Crippen LogP contribution in [0.4, 0.5) is 0 Å². The Morgan fingerprint density at radius 1 is 1.24 bits per heavy atom. The lowest BCUT2D eigenvalue weighted by Gasteiger charge is -2.32. The first kappa shape index (κ1) is 16.3. The fraction of sp³-hybridized carbons (Fsp3) is 0.562. The predicted molar refractivity (Wildman–Crippen MR) is 81.6 cm³/mol. The van der Waals surface area contributed by atoms with E-state index in [2.05, 4.69) is 0 Å². The molecule has 0 bridgehead atoms. The van der Waals surface area contributed by atoms with Crippen molar-refractivity contribution in [1.82, 2.24) is 0 Å². The van der Waals surface area contributed by atoms with Crippen molar-refractivity contribution in [2.24, 2.45) is 0 Å². The molecule has 5 heteroatoms. The number of ether oxygens (including phenoxy) is 1. The Balaban J connectivity index is 2.26. The van der Waals surface area contributed by atoms with Crippen LogP contribution < -0.4 is 0 Å². The molecule has 114 valence electrons. The van der Waals surface area contributed by atoms with Crippen LogP contribution >= 0.6 is 8.03 Å². The van der Waals surface area contributed by atoms with Crippen LogP contribution in [0.1, 0.15) is 37.7 Å². The topological polar surface area (TPSA) is 52.6 Å². The van der Waals surface area contributed by atoms with E-state index < -0.39 is 13.6 Å². The number of benzene rings is 1. The van der Waals surface area contributed by atoms with Gasteiger partial charge >= 0.3 is 8.03 Å². The SMILES string of the molecule is CO[P+](=O)CC(C=O)(OC1CCCCC1)c1ccccc1. The largest absolute Gasteiger partial charge is 0.511 e. The van der Waals surface area contributed by atoms with Gasteiger partial charge in [-0.2, -0.15) is 0 Å². The number of carbonyl (C=O) groups excluding carboxylic acids is 1. The maximum absolute atomic E-state index is 11.9. The van der Waals surface area contributed by atoms with E-state index in [4.69, 9.17) is 9.26 Å². The molecule has 1 saturated carbocycles. The fourth-order valence-electron chi connectivity index (χ4n) is 2.79. The highest BCUT2D eigenvalue weighted by Crippen LogP contribution is 2.38. The van der Waals surface area contributed by atoms with Crippen LogP contribution in [-0.2, 0) is 24.2 Å². The van der Waals surface area contributed by atoms with Crippen molar-refractivity contribution in [2.75, 3.05) is 13.3 Å². The zero-order chi connectivity index (χ0) is 15.1. The minimum atomic E-state index is -1.93. The fourth-order valence-corrected chi connectivity index (χ4v) is 3.63. The summed E-state index contributed by atoms with van der Waals surface area (Å²) in [7, 11) is -0.540. The summed E-state index contributed by atoms with van der Waals surface area (Å²) in [6.45, 7) is 0. The minimum Gasteiger partial charge on any atom is -0.355 e. The molecule has 1 aromatic rings.